The quantitative estimate of drug-likeness (QED) is 0.796. The van der Waals surface area contributed by atoms with Crippen molar-refractivity contribution in [3.05, 3.63) is 51.5 Å². The Morgan fingerprint density at radius 3 is 2.50 bits per heavy atom. The first-order valence-electron chi connectivity index (χ1n) is 7.36. The summed E-state index contributed by atoms with van der Waals surface area (Å²) in [6.45, 7) is 4.44. The van der Waals surface area contributed by atoms with Crippen molar-refractivity contribution < 1.29 is 19.4 Å². The fraction of sp³-hybridized carbons (Fsp3) is 0.278. The average Bonchev–Trinajstić information content (AvgIpc) is 2.57. The molecule has 5 nitrogen and oxygen atoms in total. The Hall–Kier alpha value is -2.40. The van der Waals surface area contributed by atoms with Crippen LogP contribution in [-0.4, -0.2) is 25.3 Å². The monoisotopic (exact) mass is 349 g/mol. The topological polar surface area (TPSA) is 67.8 Å². The van der Waals surface area contributed by atoms with Crippen LogP contribution >= 0.6 is 11.6 Å². The second-order valence-electron chi connectivity index (χ2n) is 5.42. The Kier molecular flexibility index (Phi) is 5.57. The number of phenols is 1. The number of halogens is 1. The van der Waals surface area contributed by atoms with E-state index in [9.17, 15) is 9.90 Å². The molecule has 0 amide bonds. The van der Waals surface area contributed by atoms with Crippen LogP contribution in [0.3, 0.4) is 0 Å². The van der Waals surface area contributed by atoms with E-state index in [2.05, 4.69) is 10.1 Å². The Bertz CT molecular complexity index is 774. The van der Waals surface area contributed by atoms with Crippen LogP contribution in [0.25, 0.3) is 0 Å². The molecule has 128 valence electrons. The lowest BCUT2D eigenvalue weighted by atomic mass is 10.1. The first-order chi connectivity index (χ1) is 11.4. The maximum Gasteiger partial charge on any atom is 0.341 e. The van der Waals surface area contributed by atoms with Crippen LogP contribution in [0, 0.1) is 13.8 Å². The number of carbonyl (C=O) groups excluding carboxylic acids is 1. The van der Waals surface area contributed by atoms with E-state index in [-0.39, 0.29) is 22.1 Å². The molecule has 2 rings (SSSR count). The highest BCUT2D eigenvalue weighted by Gasteiger charge is 2.22. The molecule has 0 unspecified atom stereocenters. The van der Waals surface area contributed by atoms with E-state index in [4.69, 9.17) is 16.3 Å². The third kappa shape index (κ3) is 3.57. The fourth-order valence-corrected chi connectivity index (χ4v) is 2.60. The zero-order chi connectivity index (χ0) is 17.9. The summed E-state index contributed by atoms with van der Waals surface area (Å²) < 4.78 is 9.81. The molecule has 0 radical (unpaired) electrons. The maximum absolute atomic E-state index is 11.8. The Balaban J connectivity index is 2.35. The van der Waals surface area contributed by atoms with Gasteiger partial charge in [-0.15, -0.1) is 0 Å². The first kappa shape index (κ1) is 17.9. The number of benzene rings is 2. The molecule has 0 heterocycles. The molecule has 0 fully saturated rings. The minimum Gasteiger partial charge on any atom is -0.504 e. The SMILES string of the molecule is COC(=O)c1cc(CNc2ccc(C)c(C)c2)c(Cl)c(OC)c1O. The van der Waals surface area contributed by atoms with Gasteiger partial charge in [-0.3, -0.25) is 0 Å². The number of methoxy groups -OCH3 is 2. The first-order valence-corrected chi connectivity index (χ1v) is 7.74. The maximum atomic E-state index is 11.8. The van der Waals surface area contributed by atoms with Gasteiger partial charge in [-0.2, -0.15) is 0 Å². The lowest BCUT2D eigenvalue weighted by molar-refractivity contribution is 0.0596. The molecule has 6 heteroatoms. The second-order valence-corrected chi connectivity index (χ2v) is 5.80. The average molecular weight is 350 g/mol. The van der Waals surface area contributed by atoms with Crippen molar-refractivity contribution in [1.82, 2.24) is 0 Å². The number of aryl methyl sites for hydroxylation is 2. The van der Waals surface area contributed by atoms with Crippen LogP contribution in [0.4, 0.5) is 5.69 Å². The van der Waals surface area contributed by atoms with Gasteiger partial charge in [0.1, 0.15) is 5.56 Å². The molecule has 0 spiro atoms. The molecule has 2 aromatic rings. The molecule has 0 aliphatic carbocycles. The van der Waals surface area contributed by atoms with Gasteiger partial charge in [0.2, 0.25) is 0 Å². The molecule has 0 aliphatic rings. The molecule has 2 N–H and O–H groups in total. The number of nitrogens with one attached hydrogen (secondary N) is 1. The number of carbonyl (C=O) groups is 1. The normalized spacial score (nSPS) is 10.4. The summed E-state index contributed by atoms with van der Waals surface area (Å²) >= 11 is 6.28. The summed E-state index contributed by atoms with van der Waals surface area (Å²) in [5, 5.41) is 13.6. The largest absolute Gasteiger partial charge is 0.504 e. The van der Waals surface area contributed by atoms with Gasteiger partial charge < -0.3 is 19.9 Å². The zero-order valence-corrected chi connectivity index (χ0v) is 14.8. The van der Waals surface area contributed by atoms with Crippen LogP contribution in [0.5, 0.6) is 11.5 Å². The van der Waals surface area contributed by atoms with Crippen LogP contribution in [0.2, 0.25) is 5.02 Å². The number of hydrogen-bond acceptors (Lipinski definition) is 5. The van der Waals surface area contributed by atoms with Gasteiger partial charge in [-0.05, 0) is 48.7 Å². The van der Waals surface area contributed by atoms with E-state index >= 15 is 0 Å². The van der Waals surface area contributed by atoms with Crippen LogP contribution in [0.1, 0.15) is 27.0 Å². The standard InChI is InChI=1S/C18H20ClNO4/c1-10-5-6-13(7-11(10)2)20-9-12-8-14(18(22)24-4)16(21)17(23-3)15(12)19/h5-8,20-21H,9H2,1-4H3. The highest BCUT2D eigenvalue weighted by Crippen LogP contribution is 2.40. The van der Waals surface area contributed by atoms with Crippen LogP contribution in [0.15, 0.2) is 24.3 Å². The summed E-state index contributed by atoms with van der Waals surface area (Å²) in [5.74, 6) is -0.935. The second kappa shape index (κ2) is 7.45. The van der Waals surface area contributed by atoms with Crippen molar-refractivity contribution in [1.29, 1.82) is 0 Å². The smallest absolute Gasteiger partial charge is 0.341 e. The van der Waals surface area contributed by atoms with Gasteiger partial charge in [-0.1, -0.05) is 17.7 Å². The summed E-state index contributed by atoms with van der Waals surface area (Å²) in [4.78, 5) is 11.8. The molecule has 0 saturated heterocycles. The number of hydrogen-bond donors (Lipinski definition) is 2. The number of anilines is 1. The van der Waals surface area contributed by atoms with Gasteiger partial charge in [0.05, 0.1) is 19.2 Å². The van der Waals surface area contributed by atoms with Crippen LogP contribution < -0.4 is 10.1 Å². The number of phenolic OH excluding ortho intramolecular Hbond substituents is 1. The lowest BCUT2D eigenvalue weighted by Crippen LogP contribution is -2.07. The molecular weight excluding hydrogens is 330 g/mol. The molecule has 0 atom stereocenters. The highest BCUT2D eigenvalue weighted by molar-refractivity contribution is 6.33. The Morgan fingerprint density at radius 2 is 1.92 bits per heavy atom. The van der Waals surface area contributed by atoms with Crippen molar-refractivity contribution in [2.24, 2.45) is 0 Å². The molecule has 2 aromatic carbocycles. The number of rotatable bonds is 5. The molecule has 0 bridgehead atoms. The van der Waals surface area contributed by atoms with Crippen molar-refractivity contribution in [2.75, 3.05) is 19.5 Å². The van der Waals surface area contributed by atoms with E-state index in [1.807, 2.05) is 32.0 Å². The van der Waals surface area contributed by atoms with Crippen molar-refractivity contribution in [3.8, 4) is 11.5 Å². The van der Waals surface area contributed by atoms with Gasteiger partial charge in [-0.25, -0.2) is 4.79 Å². The molecule has 0 aromatic heterocycles. The third-order valence-electron chi connectivity index (χ3n) is 3.87. The third-order valence-corrected chi connectivity index (χ3v) is 4.28. The lowest BCUT2D eigenvalue weighted by Gasteiger charge is -2.15. The Labute approximate surface area is 146 Å². The highest BCUT2D eigenvalue weighted by atomic mass is 35.5. The van der Waals surface area contributed by atoms with Crippen molar-refractivity contribution in [3.63, 3.8) is 0 Å². The zero-order valence-electron chi connectivity index (χ0n) is 14.1. The molecule has 24 heavy (non-hydrogen) atoms. The van der Waals surface area contributed by atoms with Crippen molar-refractivity contribution >= 4 is 23.3 Å². The van der Waals surface area contributed by atoms with Gasteiger partial charge in [0.15, 0.2) is 11.5 Å². The number of esters is 1. The van der Waals surface area contributed by atoms with Gasteiger partial charge in [0, 0.05) is 12.2 Å². The summed E-state index contributed by atoms with van der Waals surface area (Å²) in [6, 6.07) is 7.52. The predicted molar refractivity (Wildman–Crippen MR) is 94.3 cm³/mol. The van der Waals surface area contributed by atoms with E-state index in [1.165, 1.54) is 31.4 Å². The Morgan fingerprint density at radius 1 is 1.21 bits per heavy atom. The number of ether oxygens (including phenoxy) is 2. The minimum absolute atomic E-state index is 0.00985. The summed E-state index contributed by atoms with van der Waals surface area (Å²) in [6.07, 6.45) is 0. The van der Waals surface area contributed by atoms with Gasteiger partial charge in [0.25, 0.3) is 0 Å². The molecule has 0 aliphatic heterocycles. The minimum atomic E-state index is -0.658. The molecular formula is C18H20ClNO4. The summed E-state index contributed by atoms with van der Waals surface area (Å²) in [7, 11) is 2.62. The fourth-order valence-electron chi connectivity index (χ4n) is 2.31. The number of aromatic hydroxyl groups is 1. The van der Waals surface area contributed by atoms with E-state index in [1.54, 1.807) is 0 Å². The summed E-state index contributed by atoms with van der Waals surface area (Å²) in [5.41, 5.74) is 3.93. The van der Waals surface area contributed by atoms with E-state index in [0.29, 0.717) is 12.1 Å². The predicted octanol–water partition coefficient (Wildman–Crippen LogP) is 4.07. The van der Waals surface area contributed by atoms with E-state index < -0.39 is 5.97 Å². The molecule has 0 saturated carbocycles. The van der Waals surface area contributed by atoms with Crippen molar-refractivity contribution in [2.45, 2.75) is 20.4 Å². The van der Waals surface area contributed by atoms with Gasteiger partial charge >= 0.3 is 5.97 Å². The van der Waals surface area contributed by atoms with Crippen LogP contribution in [-0.2, 0) is 11.3 Å². The van der Waals surface area contributed by atoms with E-state index in [0.717, 1.165) is 5.69 Å².